The van der Waals surface area contributed by atoms with Crippen molar-refractivity contribution in [2.75, 3.05) is 25.6 Å². The van der Waals surface area contributed by atoms with Gasteiger partial charge in [0.25, 0.3) is 0 Å². The van der Waals surface area contributed by atoms with Crippen LogP contribution in [0.15, 0.2) is 58.7 Å². The van der Waals surface area contributed by atoms with E-state index < -0.39 is 11.2 Å². The molecular formula is C50H67NO5. The second-order valence-corrected chi connectivity index (χ2v) is 19.8. The third-order valence-corrected chi connectivity index (χ3v) is 17.6. The monoisotopic (exact) mass is 762 g/mol. The van der Waals surface area contributed by atoms with Crippen LogP contribution < -0.4 is 4.90 Å². The van der Waals surface area contributed by atoms with Crippen molar-refractivity contribution in [2.24, 2.45) is 46.3 Å². The van der Waals surface area contributed by atoms with Crippen molar-refractivity contribution in [2.45, 2.75) is 147 Å². The van der Waals surface area contributed by atoms with E-state index in [4.69, 9.17) is 6.42 Å². The van der Waals surface area contributed by atoms with Gasteiger partial charge in [0.05, 0.1) is 5.60 Å². The number of hydrogen-bond donors (Lipinski definition) is 3. The number of carbonyl (C=O) groups is 2. The van der Waals surface area contributed by atoms with E-state index in [1.54, 1.807) is 5.57 Å². The van der Waals surface area contributed by atoms with E-state index in [9.17, 15) is 24.9 Å². The summed E-state index contributed by atoms with van der Waals surface area (Å²) in [5.41, 5.74) is 6.45. The Morgan fingerprint density at radius 3 is 2.27 bits per heavy atom. The second-order valence-electron chi connectivity index (χ2n) is 19.8. The molecule has 6 nitrogen and oxygen atoms in total. The molecule has 0 aromatic heterocycles. The molecule has 0 bridgehead atoms. The number of carbonyl (C=O) groups excluding carboxylic acids is 2. The third-order valence-electron chi connectivity index (χ3n) is 17.6. The highest BCUT2D eigenvalue weighted by molar-refractivity contribution is 5.93. The first kappa shape index (κ1) is 39.8. The number of aliphatic hydroxyl groups excluding tert-OH is 1. The van der Waals surface area contributed by atoms with Crippen molar-refractivity contribution >= 4 is 17.3 Å². The minimum Gasteiger partial charge on any atom is -0.396 e. The van der Waals surface area contributed by atoms with Gasteiger partial charge in [-0.2, -0.15) is 0 Å². The molecule has 6 heteroatoms. The summed E-state index contributed by atoms with van der Waals surface area (Å²) in [5.74, 6) is 7.23. The summed E-state index contributed by atoms with van der Waals surface area (Å²) in [5, 5.41) is 32.5. The van der Waals surface area contributed by atoms with Crippen LogP contribution in [-0.4, -0.2) is 58.8 Å². The number of aliphatic hydroxyl groups is 3. The van der Waals surface area contributed by atoms with Crippen molar-refractivity contribution in [3.8, 4) is 12.3 Å². The number of hydrogen-bond acceptors (Lipinski definition) is 6. The highest BCUT2D eigenvalue weighted by Gasteiger charge is 2.64. The summed E-state index contributed by atoms with van der Waals surface area (Å²) in [6, 6.07) is 8.98. The summed E-state index contributed by atoms with van der Waals surface area (Å²) in [6.45, 7) is 4.69. The van der Waals surface area contributed by atoms with E-state index in [-0.39, 0.29) is 29.1 Å². The first-order valence-corrected chi connectivity index (χ1v) is 22.3. The molecule has 0 unspecified atom stereocenters. The molecule has 8 aliphatic carbocycles. The number of benzene rings is 1. The van der Waals surface area contributed by atoms with Crippen LogP contribution in [-0.2, 0) is 9.59 Å². The van der Waals surface area contributed by atoms with Crippen LogP contribution in [0.25, 0.3) is 0 Å². The van der Waals surface area contributed by atoms with Crippen molar-refractivity contribution in [3.05, 3.63) is 64.3 Å². The Hall–Kier alpha value is -2.98. The first-order chi connectivity index (χ1) is 26.8. The summed E-state index contributed by atoms with van der Waals surface area (Å²) in [7, 11) is 4.14. The molecule has 8 aliphatic rings. The molecular weight excluding hydrogens is 695 g/mol. The van der Waals surface area contributed by atoms with Gasteiger partial charge < -0.3 is 20.2 Å². The fraction of sp³-hybridized carbons (Fsp3) is 0.680. The molecule has 1 aromatic carbocycles. The lowest BCUT2D eigenvalue weighted by atomic mass is 9.49. The molecule has 56 heavy (non-hydrogen) atoms. The number of nitrogens with zero attached hydrogens (tertiary/aromatic N) is 1. The van der Waals surface area contributed by atoms with Gasteiger partial charge >= 0.3 is 0 Å². The third kappa shape index (κ3) is 6.24. The zero-order chi connectivity index (χ0) is 39.6. The molecule has 0 heterocycles. The van der Waals surface area contributed by atoms with Crippen molar-refractivity contribution in [3.63, 3.8) is 0 Å². The molecule has 0 amide bonds. The van der Waals surface area contributed by atoms with E-state index in [1.165, 1.54) is 40.8 Å². The Morgan fingerprint density at radius 2 is 1.55 bits per heavy atom. The van der Waals surface area contributed by atoms with Crippen LogP contribution in [0.4, 0.5) is 5.69 Å². The summed E-state index contributed by atoms with van der Waals surface area (Å²) < 4.78 is 0. The Kier molecular flexibility index (Phi) is 10.7. The minimum absolute atomic E-state index is 0.0609. The smallest absolute Gasteiger partial charge is 0.156 e. The number of anilines is 1. The quantitative estimate of drug-likeness (QED) is 0.251. The van der Waals surface area contributed by atoms with Crippen molar-refractivity contribution < 1.29 is 24.9 Å². The lowest BCUT2D eigenvalue weighted by Gasteiger charge is -2.55. The number of terminal acetylenes is 1. The van der Waals surface area contributed by atoms with Gasteiger partial charge in [-0.1, -0.05) is 43.0 Å². The van der Waals surface area contributed by atoms with E-state index in [0.29, 0.717) is 60.6 Å². The zero-order valence-electron chi connectivity index (χ0n) is 34.6. The topological polar surface area (TPSA) is 98.1 Å². The van der Waals surface area contributed by atoms with Crippen LogP contribution >= 0.6 is 0 Å². The van der Waals surface area contributed by atoms with Gasteiger partial charge in [-0.05, 0) is 179 Å². The molecule has 9 rings (SSSR count). The van der Waals surface area contributed by atoms with E-state index in [2.05, 4.69) is 63.0 Å². The molecule has 302 valence electrons. The van der Waals surface area contributed by atoms with Gasteiger partial charge in [-0.15, -0.1) is 6.42 Å². The highest BCUT2D eigenvalue weighted by atomic mass is 16.3. The minimum atomic E-state index is -0.893. The molecule has 5 fully saturated rings. The van der Waals surface area contributed by atoms with Crippen LogP contribution in [0, 0.1) is 58.7 Å². The molecule has 3 N–H and O–H groups in total. The molecule has 0 saturated heterocycles. The summed E-state index contributed by atoms with van der Waals surface area (Å²) in [6.07, 6.45) is 26.6. The lowest BCUT2D eigenvalue weighted by Crippen LogP contribution is -2.53. The van der Waals surface area contributed by atoms with Crippen LogP contribution in [0.3, 0.4) is 0 Å². The second kappa shape index (κ2) is 15.0. The molecule has 0 radical (unpaired) electrons. The molecule has 0 aliphatic heterocycles. The van der Waals surface area contributed by atoms with Gasteiger partial charge in [-0.3, -0.25) is 9.59 Å². The normalized spacial score (nSPS) is 41.0. The van der Waals surface area contributed by atoms with Crippen molar-refractivity contribution in [1.82, 2.24) is 0 Å². The summed E-state index contributed by atoms with van der Waals surface area (Å²) in [4.78, 5) is 26.1. The van der Waals surface area contributed by atoms with Gasteiger partial charge in [0.1, 0.15) is 5.60 Å². The SMILES string of the molecule is C#C[C@]1(O)CC[C@H]2[C@@H]3CCC4=CC(=O)CC[C@@H]4[C@H]3CC[C@@]21CC.CN(C)c1ccc([C@H]2C[C@]3(C)[C@@H](CC[C@]3(O)CCCO)[C@@H]3CCC4=CC(=O)CCC4=C32)cc1. The number of ketones is 2. The molecule has 1 aromatic rings. The number of rotatable bonds is 6. The largest absolute Gasteiger partial charge is 0.396 e. The Balaban J connectivity index is 0.000000168. The lowest BCUT2D eigenvalue weighted by molar-refractivity contribution is -0.117. The highest BCUT2D eigenvalue weighted by Crippen LogP contribution is 2.68. The summed E-state index contributed by atoms with van der Waals surface area (Å²) >= 11 is 0. The molecule has 11 atom stereocenters. The van der Waals surface area contributed by atoms with E-state index in [0.717, 1.165) is 83.5 Å². The number of allylic oxidation sites excluding steroid dienone is 5. The predicted molar refractivity (Wildman–Crippen MR) is 223 cm³/mol. The first-order valence-electron chi connectivity index (χ1n) is 22.3. The van der Waals surface area contributed by atoms with Gasteiger partial charge in [0.2, 0.25) is 0 Å². The molecule has 0 spiro atoms. The van der Waals surface area contributed by atoms with Crippen molar-refractivity contribution in [1.29, 1.82) is 0 Å². The Morgan fingerprint density at radius 1 is 0.821 bits per heavy atom. The average Bonchev–Trinajstić information content (AvgIpc) is 3.66. The average molecular weight is 762 g/mol. The van der Waals surface area contributed by atoms with Gasteiger partial charge in [-0.25, -0.2) is 0 Å². The van der Waals surface area contributed by atoms with E-state index in [1.807, 2.05) is 12.2 Å². The van der Waals surface area contributed by atoms with Gasteiger partial charge in [0.15, 0.2) is 11.6 Å². The fourth-order valence-electron chi connectivity index (χ4n) is 14.8. The Bertz CT molecular complexity index is 1850. The zero-order valence-corrected chi connectivity index (χ0v) is 34.6. The predicted octanol–water partition coefficient (Wildman–Crippen LogP) is 9.04. The Labute approximate surface area is 336 Å². The fourth-order valence-corrected chi connectivity index (χ4v) is 14.8. The van der Waals surface area contributed by atoms with Gasteiger partial charge in [0, 0.05) is 56.0 Å². The van der Waals surface area contributed by atoms with Crippen LogP contribution in [0.5, 0.6) is 0 Å². The standard InChI is InChI=1S/C29H39NO3.C21H28O2/c1-28-18-25(19-5-8-21(9-6-19)30(2)3)27-23-12-10-22(32)17-20(23)7-11-24(27)26(28)13-15-29(28,33)14-4-16-31;1-3-20-11-9-17-16-8-6-15(22)13-14(16)5-7-18(17)19(20)10-12-21(20,23)4-2/h5-6,8-9,17,24-26,31,33H,4,7,10-16,18H2,1-3H3;2,13,16-19,23H,3,5-12H2,1H3/t24-,25+,26-,28+,29+;16-,17+,18+,19-,20-,21-/m00/s1. The van der Waals surface area contributed by atoms with Crippen LogP contribution in [0.2, 0.25) is 0 Å². The van der Waals surface area contributed by atoms with E-state index >= 15 is 0 Å². The number of fused-ring (bicyclic) bond motifs is 9. The van der Waals surface area contributed by atoms with Crippen LogP contribution in [0.1, 0.15) is 141 Å². The maximum absolute atomic E-state index is 12.2. The maximum Gasteiger partial charge on any atom is 0.156 e. The molecule has 5 saturated carbocycles. The maximum atomic E-state index is 12.2.